The van der Waals surface area contributed by atoms with Crippen LogP contribution in [0.15, 0.2) is 41.8 Å². The zero-order chi connectivity index (χ0) is 19.7. The van der Waals surface area contributed by atoms with Gasteiger partial charge in [-0.1, -0.05) is 38.1 Å². The van der Waals surface area contributed by atoms with Crippen LogP contribution in [-0.4, -0.2) is 52.8 Å². The molecule has 6 heteroatoms. The predicted molar refractivity (Wildman–Crippen MR) is 116 cm³/mol. The summed E-state index contributed by atoms with van der Waals surface area (Å²) in [6, 6.07) is 11.5. The van der Waals surface area contributed by atoms with E-state index in [2.05, 4.69) is 19.9 Å². The molecule has 148 valence electrons. The molecule has 0 saturated carbocycles. The molecule has 1 aromatic heterocycles. The van der Waals surface area contributed by atoms with Crippen LogP contribution in [0.1, 0.15) is 46.6 Å². The number of hydrogen-bond acceptors (Lipinski definition) is 4. The Labute approximate surface area is 174 Å². The van der Waals surface area contributed by atoms with Gasteiger partial charge in [-0.25, -0.2) is 0 Å². The Morgan fingerprint density at radius 1 is 1.14 bits per heavy atom. The van der Waals surface area contributed by atoms with Crippen LogP contribution in [-0.2, 0) is 4.79 Å². The maximum atomic E-state index is 13.7. The summed E-state index contributed by atoms with van der Waals surface area (Å²) in [5.41, 5.74) is 1.56. The molecule has 0 unspecified atom stereocenters. The molecule has 0 bridgehead atoms. The largest absolute Gasteiger partial charge is 0.340 e. The number of thiophene rings is 1. The monoisotopic (exact) mass is 414 g/mol. The fourth-order valence-electron chi connectivity index (χ4n) is 4.21. The van der Waals surface area contributed by atoms with E-state index in [0.29, 0.717) is 18.0 Å². The van der Waals surface area contributed by atoms with E-state index in [1.54, 1.807) is 11.3 Å². The van der Waals surface area contributed by atoms with E-state index in [-0.39, 0.29) is 23.8 Å². The lowest BCUT2D eigenvalue weighted by molar-refractivity contribution is -0.134. The standard InChI is InChI=1S/C22H26N2O2S2/c1-15(2)14-24-20(18-8-5-11-28-18)19(22(26)23-9-12-27-13-10-23)16-6-3-4-7-17(16)21(24)25/h3-8,11,15,19-20H,9-10,12-14H2,1-2H3/t19-,20+/m0/s1. The van der Waals surface area contributed by atoms with E-state index in [4.69, 9.17) is 0 Å². The van der Waals surface area contributed by atoms with E-state index in [9.17, 15) is 9.59 Å². The average Bonchev–Trinajstić information content (AvgIpc) is 3.24. The summed E-state index contributed by atoms with van der Waals surface area (Å²) >= 11 is 3.54. The number of nitrogens with zero attached hydrogens (tertiary/aromatic N) is 2. The summed E-state index contributed by atoms with van der Waals surface area (Å²) in [6.45, 7) is 6.47. The highest BCUT2D eigenvalue weighted by molar-refractivity contribution is 7.99. The number of benzene rings is 1. The van der Waals surface area contributed by atoms with Crippen LogP contribution in [0.25, 0.3) is 0 Å². The van der Waals surface area contributed by atoms with Crippen LogP contribution in [0.5, 0.6) is 0 Å². The van der Waals surface area contributed by atoms with Crippen molar-refractivity contribution in [2.24, 2.45) is 5.92 Å². The molecule has 0 aliphatic carbocycles. The Morgan fingerprint density at radius 2 is 1.89 bits per heavy atom. The van der Waals surface area contributed by atoms with Gasteiger partial charge in [0.15, 0.2) is 0 Å². The number of carbonyl (C=O) groups excluding carboxylic acids is 2. The predicted octanol–water partition coefficient (Wildman–Crippen LogP) is 4.26. The molecular weight excluding hydrogens is 388 g/mol. The van der Waals surface area contributed by atoms with E-state index >= 15 is 0 Å². The van der Waals surface area contributed by atoms with Crippen molar-refractivity contribution in [2.75, 3.05) is 31.1 Å². The normalized spacial score (nSPS) is 22.5. The van der Waals surface area contributed by atoms with Gasteiger partial charge in [-0.15, -0.1) is 11.3 Å². The number of fused-ring (bicyclic) bond motifs is 1. The first-order valence-electron chi connectivity index (χ1n) is 9.87. The lowest BCUT2D eigenvalue weighted by atomic mass is 9.80. The van der Waals surface area contributed by atoms with Crippen LogP contribution in [0, 0.1) is 5.92 Å². The molecule has 0 radical (unpaired) electrons. The fourth-order valence-corrected chi connectivity index (χ4v) is 5.99. The summed E-state index contributed by atoms with van der Waals surface area (Å²) in [5, 5.41) is 2.03. The zero-order valence-electron chi connectivity index (χ0n) is 16.3. The maximum Gasteiger partial charge on any atom is 0.254 e. The molecular formula is C22H26N2O2S2. The van der Waals surface area contributed by atoms with Crippen molar-refractivity contribution in [2.45, 2.75) is 25.8 Å². The second-order valence-corrected chi connectivity index (χ2v) is 10.0. The van der Waals surface area contributed by atoms with Crippen LogP contribution in [0.2, 0.25) is 0 Å². The van der Waals surface area contributed by atoms with Crippen molar-refractivity contribution in [1.29, 1.82) is 0 Å². The molecule has 1 fully saturated rings. The molecule has 4 rings (SSSR count). The van der Waals surface area contributed by atoms with E-state index in [0.717, 1.165) is 35.0 Å². The Hall–Kier alpha value is -1.79. The van der Waals surface area contributed by atoms with Gasteiger partial charge in [0.1, 0.15) is 0 Å². The van der Waals surface area contributed by atoms with Crippen molar-refractivity contribution in [3.8, 4) is 0 Å². The van der Waals surface area contributed by atoms with Gasteiger partial charge in [0, 0.05) is 41.6 Å². The van der Waals surface area contributed by atoms with Crippen LogP contribution < -0.4 is 0 Å². The molecule has 2 atom stereocenters. The van der Waals surface area contributed by atoms with Crippen molar-refractivity contribution >= 4 is 34.9 Å². The molecule has 1 aromatic carbocycles. The molecule has 0 spiro atoms. The molecule has 2 aliphatic heterocycles. The summed E-state index contributed by atoms with van der Waals surface area (Å²) < 4.78 is 0. The SMILES string of the molecule is CC(C)CN1C(=O)c2ccccc2[C@H](C(=O)N2CCSCC2)[C@H]1c1cccs1. The molecule has 2 amide bonds. The zero-order valence-corrected chi connectivity index (χ0v) is 18.0. The second kappa shape index (κ2) is 8.29. The van der Waals surface area contributed by atoms with E-state index in [1.165, 1.54) is 0 Å². The quantitative estimate of drug-likeness (QED) is 0.751. The fraction of sp³-hybridized carbons (Fsp3) is 0.455. The maximum absolute atomic E-state index is 13.7. The highest BCUT2D eigenvalue weighted by Crippen LogP contribution is 2.45. The van der Waals surface area contributed by atoms with Crippen LogP contribution in [0.3, 0.4) is 0 Å². The molecule has 4 nitrogen and oxygen atoms in total. The number of rotatable bonds is 4. The van der Waals surface area contributed by atoms with Gasteiger partial charge in [-0.05, 0) is 29.0 Å². The van der Waals surface area contributed by atoms with Gasteiger partial charge in [0.25, 0.3) is 5.91 Å². The number of amides is 2. The van der Waals surface area contributed by atoms with Gasteiger partial charge in [0.2, 0.25) is 5.91 Å². The first-order chi connectivity index (χ1) is 13.6. The van der Waals surface area contributed by atoms with Gasteiger partial charge >= 0.3 is 0 Å². The molecule has 28 heavy (non-hydrogen) atoms. The summed E-state index contributed by atoms with van der Waals surface area (Å²) in [4.78, 5) is 32.2. The summed E-state index contributed by atoms with van der Waals surface area (Å²) in [6.07, 6.45) is 0. The lowest BCUT2D eigenvalue weighted by Gasteiger charge is -2.43. The van der Waals surface area contributed by atoms with E-state index < -0.39 is 0 Å². The third-order valence-electron chi connectivity index (χ3n) is 5.42. The van der Waals surface area contributed by atoms with Gasteiger partial charge in [0.05, 0.1) is 12.0 Å². The molecule has 0 N–H and O–H groups in total. The van der Waals surface area contributed by atoms with Gasteiger partial charge in [-0.2, -0.15) is 11.8 Å². The smallest absolute Gasteiger partial charge is 0.254 e. The molecule has 3 heterocycles. The van der Waals surface area contributed by atoms with E-state index in [1.807, 2.05) is 57.3 Å². The highest BCUT2D eigenvalue weighted by Gasteiger charge is 2.45. The van der Waals surface area contributed by atoms with Crippen LogP contribution in [0.4, 0.5) is 0 Å². The minimum absolute atomic E-state index is 0.0425. The topological polar surface area (TPSA) is 40.6 Å². The van der Waals surface area contributed by atoms with Crippen LogP contribution >= 0.6 is 23.1 Å². The first kappa shape index (κ1) is 19.5. The molecule has 1 saturated heterocycles. The average molecular weight is 415 g/mol. The summed E-state index contributed by atoms with van der Waals surface area (Å²) in [7, 11) is 0. The van der Waals surface area contributed by atoms with Crippen molar-refractivity contribution in [1.82, 2.24) is 9.80 Å². The minimum Gasteiger partial charge on any atom is -0.340 e. The second-order valence-electron chi connectivity index (χ2n) is 7.81. The number of hydrogen-bond donors (Lipinski definition) is 0. The number of carbonyl (C=O) groups is 2. The highest BCUT2D eigenvalue weighted by atomic mass is 32.2. The Kier molecular flexibility index (Phi) is 5.78. The number of thioether (sulfide) groups is 1. The molecule has 2 aromatic rings. The van der Waals surface area contributed by atoms with Gasteiger partial charge < -0.3 is 9.80 Å². The third kappa shape index (κ3) is 3.60. The van der Waals surface area contributed by atoms with Crippen molar-refractivity contribution < 1.29 is 9.59 Å². The molecule has 2 aliphatic rings. The third-order valence-corrected chi connectivity index (χ3v) is 7.31. The lowest BCUT2D eigenvalue weighted by Crippen LogP contribution is -2.50. The first-order valence-corrected chi connectivity index (χ1v) is 11.9. The Balaban J connectivity index is 1.83. The minimum atomic E-state index is -0.339. The Bertz CT molecular complexity index is 844. The van der Waals surface area contributed by atoms with Crippen molar-refractivity contribution in [3.05, 3.63) is 57.8 Å². The Morgan fingerprint density at radius 3 is 2.57 bits per heavy atom. The summed E-state index contributed by atoms with van der Waals surface area (Å²) in [5.74, 6) is 2.16. The van der Waals surface area contributed by atoms with Crippen molar-refractivity contribution in [3.63, 3.8) is 0 Å². The van der Waals surface area contributed by atoms with Gasteiger partial charge in [-0.3, -0.25) is 9.59 Å².